The van der Waals surface area contributed by atoms with Gasteiger partial charge in [0, 0.05) is 18.1 Å². The number of hydrogen-bond acceptors (Lipinski definition) is 3. The Morgan fingerprint density at radius 1 is 1.20 bits per heavy atom. The second-order valence-electron chi connectivity index (χ2n) is 7.13. The van der Waals surface area contributed by atoms with Crippen molar-refractivity contribution in [2.45, 2.75) is 63.1 Å². The fraction of sp³-hybridized carbons (Fsp3) is 0.632. The molecule has 1 aliphatic heterocycles. The zero-order valence-corrected chi connectivity index (χ0v) is 16.6. The van der Waals surface area contributed by atoms with Crippen molar-refractivity contribution in [1.82, 2.24) is 16.0 Å². The normalized spacial score (nSPS) is 22.5. The molecule has 1 aromatic rings. The largest absolute Gasteiger partial charge is 0.353 e. The van der Waals surface area contributed by atoms with E-state index >= 15 is 0 Å². The number of hydrogen-bond donors (Lipinski definition) is 3. The first kappa shape index (κ1) is 22.2. The Morgan fingerprint density at radius 2 is 1.88 bits per heavy atom. The van der Waals surface area contributed by atoms with Crippen LogP contribution in [0.3, 0.4) is 0 Å². The molecule has 0 aromatic heterocycles. The van der Waals surface area contributed by atoms with Crippen LogP contribution in [0, 0.1) is 0 Å². The molecule has 1 heterocycles. The van der Waals surface area contributed by atoms with Crippen LogP contribution in [0.25, 0.3) is 0 Å². The lowest BCUT2D eigenvalue weighted by molar-refractivity contribution is -0.123. The fourth-order valence-corrected chi connectivity index (χ4v) is 4.00. The van der Waals surface area contributed by atoms with Gasteiger partial charge in [0.25, 0.3) is 0 Å². The molecule has 0 radical (unpaired) electrons. The molecule has 3 rings (SSSR count). The van der Waals surface area contributed by atoms with E-state index in [1.165, 1.54) is 18.4 Å². The summed E-state index contributed by atoms with van der Waals surface area (Å²) in [5.74, 6) is 0.169. The number of carbonyl (C=O) groups is 1. The number of halogens is 2. The number of benzene rings is 1. The van der Waals surface area contributed by atoms with Crippen molar-refractivity contribution in [3.8, 4) is 0 Å². The minimum atomic E-state index is 0. The molecule has 4 nitrogen and oxygen atoms in total. The fourth-order valence-electron chi connectivity index (χ4n) is 4.00. The summed E-state index contributed by atoms with van der Waals surface area (Å²) in [5.41, 5.74) is 1.35. The third-order valence-corrected chi connectivity index (χ3v) is 5.36. The van der Waals surface area contributed by atoms with Gasteiger partial charge < -0.3 is 16.0 Å². The third kappa shape index (κ3) is 5.85. The van der Waals surface area contributed by atoms with Gasteiger partial charge in [0.15, 0.2) is 0 Å². The Labute approximate surface area is 163 Å². The van der Waals surface area contributed by atoms with E-state index in [0.29, 0.717) is 6.04 Å². The van der Waals surface area contributed by atoms with E-state index in [1.807, 2.05) is 0 Å². The quantitative estimate of drug-likeness (QED) is 0.701. The van der Waals surface area contributed by atoms with Crippen molar-refractivity contribution in [2.24, 2.45) is 0 Å². The van der Waals surface area contributed by atoms with Crippen LogP contribution in [0.2, 0.25) is 0 Å². The van der Waals surface area contributed by atoms with Crippen molar-refractivity contribution in [3.63, 3.8) is 0 Å². The highest BCUT2D eigenvalue weighted by Crippen LogP contribution is 2.31. The molecular formula is C19H31Cl2N3O. The maximum Gasteiger partial charge on any atom is 0.237 e. The topological polar surface area (TPSA) is 53.2 Å². The van der Waals surface area contributed by atoms with Gasteiger partial charge in [-0.1, -0.05) is 43.2 Å². The summed E-state index contributed by atoms with van der Waals surface area (Å²) in [6, 6.07) is 10.9. The molecule has 3 N–H and O–H groups in total. The molecule has 2 fully saturated rings. The lowest BCUT2D eigenvalue weighted by Gasteiger charge is -2.34. The standard InChI is InChI=1S/C19H29N3O.2ClH/c1-15(16-8-3-2-4-9-16)22-19(11-5-6-12-19)14-21-18(23)17-10-7-13-20-17;;/h2-4,8-9,15,17,20,22H,5-7,10-14H2,1H3,(H,21,23);2*1H. The molecule has 0 bridgehead atoms. The van der Waals surface area contributed by atoms with E-state index in [2.05, 4.69) is 53.2 Å². The first-order valence-corrected chi connectivity index (χ1v) is 9.02. The minimum Gasteiger partial charge on any atom is -0.353 e. The second-order valence-corrected chi connectivity index (χ2v) is 7.13. The van der Waals surface area contributed by atoms with E-state index in [4.69, 9.17) is 0 Å². The molecule has 2 atom stereocenters. The third-order valence-electron chi connectivity index (χ3n) is 5.36. The highest BCUT2D eigenvalue weighted by atomic mass is 35.5. The monoisotopic (exact) mass is 387 g/mol. The minimum absolute atomic E-state index is 0. The summed E-state index contributed by atoms with van der Waals surface area (Å²) in [6.45, 7) is 3.92. The van der Waals surface area contributed by atoms with Crippen LogP contribution in [-0.2, 0) is 4.79 Å². The van der Waals surface area contributed by atoms with Gasteiger partial charge in [-0.3, -0.25) is 4.79 Å². The van der Waals surface area contributed by atoms with Gasteiger partial charge in [-0.2, -0.15) is 0 Å². The van der Waals surface area contributed by atoms with E-state index < -0.39 is 0 Å². The van der Waals surface area contributed by atoms with Crippen LogP contribution < -0.4 is 16.0 Å². The summed E-state index contributed by atoms with van der Waals surface area (Å²) in [6.07, 6.45) is 6.84. The highest BCUT2D eigenvalue weighted by Gasteiger charge is 2.36. The first-order valence-electron chi connectivity index (χ1n) is 9.02. The molecule has 0 spiro atoms. The molecule has 2 aliphatic rings. The molecule has 1 aliphatic carbocycles. The lowest BCUT2D eigenvalue weighted by Crippen LogP contribution is -2.54. The number of rotatable bonds is 6. The van der Waals surface area contributed by atoms with E-state index in [0.717, 1.165) is 38.8 Å². The van der Waals surface area contributed by atoms with Gasteiger partial charge in [0.1, 0.15) is 0 Å². The van der Waals surface area contributed by atoms with Crippen molar-refractivity contribution in [3.05, 3.63) is 35.9 Å². The summed E-state index contributed by atoms with van der Waals surface area (Å²) < 4.78 is 0. The number of carbonyl (C=O) groups excluding carboxylic acids is 1. The Balaban J connectivity index is 0.00000156. The second kappa shape index (κ2) is 10.4. The van der Waals surface area contributed by atoms with Crippen molar-refractivity contribution in [1.29, 1.82) is 0 Å². The summed E-state index contributed by atoms with van der Waals surface area (Å²) in [7, 11) is 0. The van der Waals surface area contributed by atoms with Gasteiger partial charge in [-0.05, 0) is 44.7 Å². The smallest absolute Gasteiger partial charge is 0.237 e. The first-order chi connectivity index (χ1) is 11.2. The molecule has 142 valence electrons. The SMILES string of the molecule is CC(NC1(CNC(=O)C2CCCN2)CCCC1)c1ccccc1.Cl.Cl. The zero-order chi connectivity index (χ0) is 16.1. The Morgan fingerprint density at radius 3 is 2.48 bits per heavy atom. The van der Waals surface area contributed by atoms with E-state index in [1.54, 1.807) is 0 Å². The van der Waals surface area contributed by atoms with Crippen LogP contribution in [0.5, 0.6) is 0 Å². The predicted octanol–water partition coefficient (Wildman–Crippen LogP) is 3.36. The summed E-state index contributed by atoms with van der Waals surface area (Å²) in [4.78, 5) is 12.3. The molecule has 1 amide bonds. The average Bonchev–Trinajstić information content (AvgIpc) is 3.26. The number of amides is 1. The van der Waals surface area contributed by atoms with Crippen molar-refractivity contribution in [2.75, 3.05) is 13.1 Å². The predicted molar refractivity (Wildman–Crippen MR) is 108 cm³/mol. The van der Waals surface area contributed by atoms with Gasteiger partial charge in [-0.15, -0.1) is 24.8 Å². The molecule has 25 heavy (non-hydrogen) atoms. The average molecular weight is 388 g/mol. The van der Waals surface area contributed by atoms with Gasteiger partial charge >= 0.3 is 0 Å². The Kier molecular flexibility index (Phi) is 9.22. The van der Waals surface area contributed by atoms with Crippen LogP contribution in [-0.4, -0.2) is 30.6 Å². The number of nitrogens with one attached hydrogen (secondary N) is 3. The molecule has 1 saturated heterocycles. The van der Waals surface area contributed by atoms with Gasteiger partial charge in [0.2, 0.25) is 5.91 Å². The highest BCUT2D eigenvalue weighted by molar-refractivity contribution is 5.85. The van der Waals surface area contributed by atoms with Crippen LogP contribution >= 0.6 is 24.8 Å². The Bertz CT molecular complexity index is 515. The molecule has 1 aromatic carbocycles. The van der Waals surface area contributed by atoms with E-state index in [9.17, 15) is 4.79 Å². The summed E-state index contributed by atoms with van der Waals surface area (Å²) >= 11 is 0. The Hall–Kier alpha value is -0.810. The molecule has 1 saturated carbocycles. The molecular weight excluding hydrogens is 357 g/mol. The zero-order valence-electron chi connectivity index (χ0n) is 14.9. The summed E-state index contributed by atoms with van der Waals surface area (Å²) in [5, 5.41) is 10.3. The molecule has 2 unspecified atom stereocenters. The van der Waals surface area contributed by atoms with Gasteiger partial charge in [-0.25, -0.2) is 0 Å². The maximum atomic E-state index is 12.3. The van der Waals surface area contributed by atoms with Crippen LogP contribution in [0.4, 0.5) is 0 Å². The maximum absolute atomic E-state index is 12.3. The lowest BCUT2D eigenvalue weighted by atomic mass is 9.94. The van der Waals surface area contributed by atoms with E-state index in [-0.39, 0.29) is 42.3 Å². The van der Waals surface area contributed by atoms with Crippen LogP contribution in [0.1, 0.15) is 57.1 Å². The van der Waals surface area contributed by atoms with Crippen LogP contribution in [0.15, 0.2) is 30.3 Å². The van der Waals surface area contributed by atoms with Gasteiger partial charge in [0.05, 0.1) is 6.04 Å². The molecule has 6 heteroatoms. The van der Waals surface area contributed by atoms with Crippen molar-refractivity contribution >= 4 is 30.7 Å². The van der Waals surface area contributed by atoms with Crippen molar-refractivity contribution < 1.29 is 4.79 Å².